The highest BCUT2D eigenvalue weighted by Crippen LogP contribution is 2.24. The van der Waals surface area contributed by atoms with Crippen molar-refractivity contribution >= 4 is 6.29 Å². The fourth-order valence-electron chi connectivity index (χ4n) is 0.922. The van der Waals surface area contributed by atoms with Gasteiger partial charge in [0.05, 0.1) is 0 Å². The van der Waals surface area contributed by atoms with E-state index in [9.17, 15) is 22.4 Å². The molecule has 14 heavy (non-hydrogen) atoms. The standard InChI is InChI=1S/C7H5F4N2O/c8-6(9)4-3-5(7(10)11)13(12-4)1-2-14/h3,6-7H,1H2. The van der Waals surface area contributed by atoms with E-state index < -0.39 is 30.8 Å². The van der Waals surface area contributed by atoms with Crippen molar-refractivity contribution in [2.24, 2.45) is 0 Å². The maximum Gasteiger partial charge on any atom is 0.282 e. The Morgan fingerprint density at radius 2 is 2.00 bits per heavy atom. The maximum atomic E-state index is 12.2. The molecule has 0 aromatic carbocycles. The third kappa shape index (κ3) is 2.09. The van der Waals surface area contributed by atoms with Crippen molar-refractivity contribution in [1.82, 2.24) is 9.78 Å². The number of alkyl halides is 4. The lowest BCUT2D eigenvalue weighted by atomic mass is 10.3. The molecule has 1 heterocycles. The zero-order valence-corrected chi connectivity index (χ0v) is 6.75. The summed E-state index contributed by atoms with van der Waals surface area (Å²) in [5.74, 6) is 0. The fourth-order valence-corrected chi connectivity index (χ4v) is 0.922. The molecule has 7 heteroatoms. The average molecular weight is 209 g/mol. The van der Waals surface area contributed by atoms with Gasteiger partial charge in [-0.3, -0.25) is 9.48 Å². The van der Waals surface area contributed by atoms with Crippen molar-refractivity contribution in [3.8, 4) is 0 Å². The van der Waals surface area contributed by atoms with E-state index in [0.29, 0.717) is 10.7 Å². The lowest BCUT2D eigenvalue weighted by Gasteiger charge is -2.00. The van der Waals surface area contributed by atoms with Gasteiger partial charge in [0.25, 0.3) is 12.9 Å². The molecule has 0 unspecified atom stereocenters. The highest BCUT2D eigenvalue weighted by molar-refractivity contribution is 5.50. The van der Waals surface area contributed by atoms with E-state index >= 15 is 0 Å². The molecule has 0 amide bonds. The van der Waals surface area contributed by atoms with Crippen molar-refractivity contribution in [2.45, 2.75) is 19.4 Å². The number of nitrogens with zero attached hydrogens (tertiary/aromatic N) is 2. The molecule has 1 aromatic rings. The quantitative estimate of drug-likeness (QED) is 0.709. The van der Waals surface area contributed by atoms with E-state index in [1.54, 1.807) is 0 Å². The van der Waals surface area contributed by atoms with Crippen LogP contribution in [-0.4, -0.2) is 16.1 Å². The lowest BCUT2D eigenvalue weighted by Crippen LogP contribution is -2.06. The second-order valence-corrected chi connectivity index (χ2v) is 2.40. The predicted molar refractivity (Wildman–Crippen MR) is 37.8 cm³/mol. The molecule has 0 aliphatic heterocycles. The monoisotopic (exact) mass is 209 g/mol. The minimum atomic E-state index is -2.94. The van der Waals surface area contributed by atoms with Crippen LogP contribution in [0.1, 0.15) is 24.2 Å². The highest BCUT2D eigenvalue weighted by atomic mass is 19.3. The molecule has 0 saturated carbocycles. The van der Waals surface area contributed by atoms with Crippen molar-refractivity contribution in [1.29, 1.82) is 0 Å². The first-order valence-corrected chi connectivity index (χ1v) is 3.55. The van der Waals surface area contributed by atoms with Gasteiger partial charge in [0.2, 0.25) is 6.29 Å². The number of halogens is 4. The Hall–Kier alpha value is -1.40. The Bertz CT molecular complexity index is 323. The van der Waals surface area contributed by atoms with E-state index in [1.807, 2.05) is 0 Å². The number of aromatic nitrogens is 2. The zero-order valence-electron chi connectivity index (χ0n) is 6.75. The number of carbonyl (C=O) groups excluding carboxylic acids is 1. The summed E-state index contributed by atoms with van der Waals surface area (Å²) in [6.45, 7) is -0.577. The van der Waals surface area contributed by atoms with Gasteiger partial charge in [0, 0.05) is 0 Å². The summed E-state index contributed by atoms with van der Waals surface area (Å²) in [4.78, 5) is 9.91. The first-order valence-electron chi connectivity index (χ1n) is 3.55. The average Bonchev–Trinajstić information content (AvgIpc) is 2.49. The van der Waals surface area contributed by atoms with Crippen LogP contribution in [0.25, 0.3) is 0 Å². The van der Waals surface area contributed by atoms with E-state index in [2.05, 4.69) is 5.10 Å². The van der Waals surface area contributed by atoms with Gasteiger partial charge in [-0.05, 0) is 6.07 Å². The Morgan fingerprint density at radius 1 is 1.36 bits per heavy atom. The Balaban J connectivity index is 3.05. The third-order valence-corrected chi connectivity index (χ3v) is 1.49. The number of hydrogen-bond donors (Lipinski definition) is 0. The van der Waals surface area contributed by atoms with Gasteiger partial charge in [0.15, 0.2) is 0 Å². The summed E-state index contributed by atoms with van der Waals surface area (Å²) in [6, 6.07) is 0.576. The summed E-state index contributed by atoms with van der Waals surface area (Å²) < 4.78 is 49.0. The summed E-state index contributed by atoms with van der Waals surface area (Å²) in [5, 5.41) is 3.14. The van der Waals surface area contributed by atoms with Gasteiger partial charge < -0.3 is 0 Å². The van der Waals surface area contributed by atoms with Crippen LogP contribution in [0.3, 0.4) is 0 Å². The zero-order chi connectivity index (χ0) is 10.7. The predicted octanol–water partition coefficient (Wildman–Crippen LogP) is 1.87. The van der Waals surface area contributed by atoms with E-state index in [4.69, 9.17) is 0 Å². The Morgan fingerprint density at radius 3 is 2.43 bits per heavy atom. The van der Waals surface area contributed by atoms with E-state index in [-0.39, 0.29) is 0 Å². The van der Waals surface area contributed by atoms with Crippen LogP contribution in [0.2, 0.25) is 0 Å². The Labute approximate surface area is 76.3 Å². The van der Waals surface area contributed by atoms with Crippen LogP contribution in [0.5, 0.6) is 0 Å². The molecule has 0 atom stereocenters. The molecule has 3 nitrogen and oxygen atoms in total. The summed E-state index contributed by atoms with van der Waals surface area (Å²) in [5.41, 5.74) is -1.47. The SMILES string of the molecule is O=[C]Cn1nc(C(F)F)cc1C(F)F. The van der Waals surface area contributed by atoms with Crippen LogP contribution >= 0.6 is 0 Å². The molecule has 1 rings (SSSR count). The van der Waals surface area contributed by atoms with Crippen LogP contribution in [0.4, 0.5) is 17.6 Å². The molecule has 77 valence electrons. The molecule has 0 aliphatic carbocycles. The van der Waals surface area contributed by atoms with Crippen molar-refractivity contribution in [3.63, 3.8) is 0 Å². The largest absolute Gasteiger partial charge is 0.289 e. The van der Waals surface area contributed by atoms with Gasteiger partial charge in [0.1, 0.15) is 17.9 Å². The summed E-state index contributed by atoms with van der Waals surface area (Å²) >= 11 is 0. The first-order chi connectivity index (χ1) is 6.56. The molecule has 1 aromatic heterocycles. The normalized spacial score (nSPS) is 11.3. The first kappa shape index (κ1) is 10.7. The molecular weight excluding hydrogens is 204 g/mol. The van der Waals surface area contributed by atoms with E-state index in [0.717, 1.165) is 0 Å². The van der Waals surface area contributed by atoms with Crippen LogP contribution in [0.15, 0.2) is 6.07 Å². The fraction of sp³-hybridized carbons (Fsp3) is 0.429. The van der Waals surface area contributed by atoms with Gasteiger partial charge in [-0.2, -0.15) is 5.10 Å². The molecule has 0 saturated heterocycles. The molecule has 1 radical (unpaired) electrons. The minimum Gasteiger partial charge on any atom is -0.289 e. The van der Waals surface area contributed by atoms with Gasteiger partial charge in [-0.15, -0.1) is 0 Å². The van der Waals surface area contributed by atoms with Gasteiger partial charge in [-0.25, -0.2) is 17.6 Å². The minimum absolute atomic E-state index is 0.513. The third-order valence-electron chi connectivity index (χ3n) is 1.49. The topological polar surface area (TPSA) is 34.9 Å². The van der Waals surface area contributed by atoms with Crippen molar-refractivity contribution in [3.05, 3.63) is 17.5 Å². The van der Waals surface area contributed by atoms with Crippen LogP contribution in [0, 0.1) is 0 Å². The van der Waals surface area contributed by atoms with Gasteiger partial charge >= 0.3 is 0 Å². The number of rotatable bonds is 4. The second kappa shape index (κ2) is 4.21. The van der Waals surface area contributed by atoms with Crippen LogP contribution < -0.4 is 0 Å². The molecule has 0 aliphatic rings. The van der Waals surface area contributed by atoms with E-state index in [1.165, 1.54) is 6.29 Å². The van der Waals surface area contributed by atoms with Gasteiger partial charge in [-0.1, -0.05) is 0 Å². The number of hydrogen-bond acceptors (Lipinski definition) is 2. The highest BCUT2D eigenvalue weighted by Gasteiger charge is 2.20. The molecule has 0 N–H and O–H groups in total. The summed E-state index contributed by atoms with van der Waals surface area (Å²) in [7, 11) is 0. The maximum absolute atomic E-state index is 12.2. The van der Waals surface area contributed by atoms with Crippen LogP contribution in [-0.2, 0) is 11.3 Å². The van der Waals surface area contributed by atoms with Crippen molar-refractivity contribution in [2.75, 3.05) is 0 Å². The molecule has 0 bridgehead atoms. The molecule has 0 fully saturated rings. The molecular formula is C7H5F4N2O. The smallest absolute Gasteiger partial charge is 0.282 e. The molecule has 0 spiro atoms. The summed E-state index contributed by atoms with van der Waals surface area (Å²) in [6.07, 6.45) is -4.57. The lowest BCUT2D eigenvalue weighted by molar-refractivity contribution is 0.140. The second-order valence-electron chi connectivity index (χ2n) is 2.40. The Kier molecular flexibility index (Phi) is 3.21. The van der Waals surface area contributed by atoms with Crippen molar-refractivity contribution < 1.29 is 22.4 Å².